The molecule has 0 N–H and O–H groups in total. The number of carbonyl (C=O) groups is 1. The molecular formula is C21H20BrClN4OS. The first-order valence-corrected chi connectivity index (χ1v) is 10.6. The number of imidazole rings is 1. The molecule has 0 saturated carbocycles. The number of nitrogens with zero attached hydrogens (tertiary/aromatic N) is 4. The number of fused-ring (bicyclic) bond motifs is 1. The van der Waals surface area contributed by atoms with Crippen molar-refractivity contribution >= 4 is 60.9 Å². The van der Waals surface area contributed by atoms with Crippen LogP contribution in [-0.2, 0) is 6.54 Å². The number of amides is 1. The zero-order valence-corrected chi connectivity index (χ0v) is 19.0. The molecule has 0 aliphatic heterocycles. The molecule has 8 heteroatoms. The molecule has 0 radical (unpaired) electrons. The van der Waals surface area contributed by atoms with E-state index in [0.717, 1.165) is 32.8 Å². The van der Waals surface area contributed by atoms with Crippen molar-refractivity contribution in [2.75, 3.05) is 11.4 Å². The van der Waals surface area contributed by atoms with Gasteiger partial charge in [-0.3, -0.25) is 9.69 Å². The normalized spacial score (nSPS) is 10.7. The molecule has 2 heterocycles. The monoisotopic (exact) mass is 490 g/mol. The summed E-state index contributed by atoms with van der Waals surface area (Å²) >= 11 is 4.99. The number of benzene rings is 2. The standard InChI is InChI=1S/C21H19BrN4OS.ClH/c1-15-3-8-18-19(13-15)28-21(24-18)26(11-2-10-25-12-9-23-14-25)20(27)16-4-6-17(22)7-5-16;/h3-9,12-14H,2,10-11H2,1H3;1H. The molecule has 4 aromatic rings. The Morgan fingerprint density at radius 2 is 2.00 bits per heavy atom. The van der Waals surface area contributed by atoms with Crippen molar-refractivity contribution in [1.29, 1.82) is 0 Å². The second kappa shape index (κ2) is 9.52. The number of halogens is 2. The summed E-state index contributed by atoms with van der Waals surface area (Å²) in [5.41, 5.74) is 2.77. The summed E-state index contributed by atoms with van der Waals surface area (Å²) in [5.74, 6) is -0.0334. The third-order valence-electron chi connectivity index (χ3n) is 4.46. The van der Waals surface area contributed by atoms with Crippen molar-refractivity contribution in [3.8, 4) is 0 Å². The van der Waals surface area contributed by atoms with Gasteiger partial charge in [0.05, 0.1) is 16.5 Å². The second-order valence-electron chi connectivity index (χ2n) is 6.59. The number of rotatable bonds is 6. The van der Waals surface area contributed by atoms with Gasteiger partial charge in [-0.25, -0.2) is 9.97 Å². The smallest absolute Gasteiger partial charge is 0.260 e. The fourth-order valence-electron chi connectivity index (χ4n) is 3.00. The van der Waals surface area contributed by atoms with E-state index >= 15 is 0 Å². The fourth-order valence-corrected chi connectivity index (χ4v) is 4.35. The van der Waals surface area contributed by atoms with Crippen LogP contribution in [0, 0.1) is 6.92 Å². The van der Waals surface area contributed by atoms with Crippen LogP contribution >= 0.6 is 39.7 Å². The molecule has 0 aliphatic carbocycles. The second-order valence-corrected chi connectivity index (χ2v) is 8.51. The molecular weight excluding hydrogens is 472 g/mol. The lowest BCUT2D eigenvalue weighted by atomic mass is 10.2. The maximum absolute atomic E-state index is 13.3. The summed E-state index contributed by atoms with van der Waals surface area (Å²) in [6.07, 6.45) is 6.30. The van der Waals surface area contributed by atoms with Crippen LogP contribution < -0.4 is 4.90 Å². The van der Waals surface area contributed by atoms with Crippen LogP contribution in [0.25, 0.3) is 10.2 Å². The number of anilines is 1. The van der Waals surface area contributed by atoms with Crippen LogP contribution in [0.15, 0.2) is 65.7 Å². The Hall–Kier alpha value is -2.22. The molecule has 2 aromatic heterocycles. The maximum Gasteiger partial charge on any atom is 0.260 e. The average molecular weight is 492 g/mol. The molecule has 0 bridgehead atoms. The van der Waals surface area contributed by atoms with Crippen LogP contribution in [0.1, 0.15) is 22.3 Å². The van der Waals surface area contributed by atoms with E-state index in [9.17, 15) is 4.79 Å². The zero-order chi connectivity index (χ0) is 19.5. The third kappa shape index (κ3) is 5.04. The Morgan fingerprint density at radius 3 is 2.72 bits per heavy atom. The highest BCUT2D eigenvalue weighted by Gasteiger charge is 2.21. The number of hydrogen-bond donors (Lipinski definition) is 0. The van der Waals surface area contributed by atoms with E-state index in [2.05, 4.69) is 33.9 Å². The van der Waals surface area contributed by atoms with Crippen LogP contribution in [0.4, 0.5) is 5.13 Å². The van der Waals surface area contributed by atoms with Crippen molar-refractivity contribution in [3.63, 3.8) is 0 Å². The maximum atomic E-state index is 13.3. The predicted octanol–water partition coefficient (Wildman–Crippen LogP) is 5.72. The van der Waals surface area contributed by atoms with Crippen LogP contribution in [-0.4, -0.2) is 27.0 Å². The Bertz CT molecular complexity index is 1100. The van der Waals surface area contributed by atoms with E-state index in [1.54, 1.807) is 28.8 Å². The van der Waals surface area contributed by atoms with E-state index < -0.39 is 0 Å². The van der Waals surface area contributed by atoms with Gasteiger partial charge < -0.3 is 4.57 Å². The highest BCUT2D eigenvalue weighted by Crippen LogP contribution is 2.30. The van der Waals surface area contributed by atoms with Crippen molar-refractivity contribution in [1.82, 2.24) is 14.5 Å². The van der Waals surface area contributed by atoms with Gasteiger partial charge in [-0.05, 0) is 55.3 Å². The number of hydrogen-bond acceptors (Lipinski definition) is 4. The van der Waals surface area contributed by atoms with Gasteiger partial charge in [0.25, 0.3) is 5.91 Å². The van der Waals surface area contributed by atoms with Gasteiger partial charge in [0, 0.05) is 35.5 Å². The van der Waals surface area contributed by atoms with Gasteiger partial charge in [0.1, 0.15) is 0 Å². The first-order valence-electron chi connectivity index (χ1n) is 9.00. The van der Waals surface area contributed by atoms with Crippen molar-refractivity contribution in [2.24, 2.45) is 0 Å². The zero-order valence-electron chi connectivity index (χ0n) is 15.8. The van der Waals surface area contributed by atoms with Gasteiger partial charge in [-0.1, -0.05) is 33.3 Å². The topological polar surface area (TPSA) is 51.0 Å². The summed E-state index contributed by atoms with van der Waals surface area (Å²) in [6.45, 7) is 3.45. The molecule has 0 fully saturated rings. The molecule has 5 nitrogen and oxygen atoms in total. The van der Waals surface area contributed by atoms with Gasteiger partial charge in [0.15, 0.2) is 5.13 Å². The minimum Gasteiger partial charge on any atom is -0.337 e. The SMILES string of the molecule is Cc1ccc2nc(N(CCCn3ccnc3)C(=O)c3ccc(Br)cc3)sc2c1.Cl. The molecule has 29 heavy (non-hydrogen) atoms. The van der Waals surface area contributed by atoms with Gasteiger partial charge in [-0.15, -0.1) is 12.4 Å². The highest BCUT2D eigenvalue weighted by molar-refractivity contribution is 9.10. The molecule has 0 atom stereocenters. The largest absolute Gasteiger partial charge is 0.337 e. The summed E-state index contributed by atoms with van der Waals surface area (Å²) in [6, 6.07) is 13.6. The predicted molar refractivity (Wildman–Crippen MR) is 124 cm³/mol. The molecule has 2 aromatic carbocycles. The van der Waals surface area contributed by atoms with Gasteiger partial charge >= 0.3 is 0 Å². The molecule has 0 aliphatic rings. The third-order valence-corrected chi connectivity index (χ3v) is 6.03. The van der Waals surface area contributed by atoms with Gasteiger partial charge in [-0.2, -0.15) is 0 Å². The summed E-state index contributed by atoms with van der Waals surface area (Å²) in [5, 5.41) is 0.735. The lowest BCUT2D eigenvalue weighted by molar-refractivity contribution is 0.0986. The Balaban J connectivity index is 0.00000240. The quantitative estimate of drug-likeness (QED) is 0.346. The minimum atomic E-state index is -0.0334. The number of thiazole rings is 1. The lowest BCUT2D eigenvalue weighted by Crippen LogP contribution is -2.32. The number of carbonyl (C=O) groups excluding carboxylic acids is 1. The van der Waals surface area contributed by atoms with Crippen LogP contribution in [0.3, 0.4) is 0 Å². The highest BCUT2D eigenvalue weighted by atomic mass is 79.9. The molecule has 150 valence electrons. The van der Waals surface area contributed by atoms with Crippen LogP contribution in [0.5, 0.6) is 0 Å². The number of aromatic nitrogens is 3. The summed E-state index contributed by atoms with van der Waals surface area (Å²) < 4.78 is 4.06. The first-order chi connectivity index (χ1) is 13.6. The molecule has 1 amide bonds. The van der Waals surface area contributed by atoms with Crippen molar-refractivity contribution in [2.45, 2.75) is 19.9 Å². The van der Waals surface area contributed by atoms with Crippen molar-refractivity contribution in [3.05, 3.63) is 76.8 Å². The first kappa shape index (κ1) is 21.5. The molecule has 0 unspecified atom stereocenters. The van der Waals surface area contributed by atoms with E-state index in [-0.39, 0.29) is 18.3 Å². The Kier molecular flexibility index (Phi) is 7.05. The molecule has 0 spiro atoms. The summed E-state index contributed by atoms with van der Waals surface area (Å²) in [7, 11) is 0. The average Bonchev–Trinajstić information content (AvgIpc) is 3.34. The van der Waals surface area contributed by atoms with Crippen LogP contribution in [0.2, 0.25) is 0 Å². The molecule has 0 saturated heterocycles. The van der Waals surface area contributed by atoms with E-state index in [4.69, 9.17) is 4.98 Å². The lowest BCUT2D eigenvalue weighted by Gasteiger charge is -2.20. The Labute approximate surface area is 187 Å². The minimum absolute atomic E-state index is 0. The van der Waals surface area contributed by atoms with E-state index in [1.165, 1.54) is 5.56 Å². The van der Waals surface area contributed by atoms with Gasteiger partial charge in [0.2, 0.25) is 0 Å². The number of aryl methyl sites for hydroxylation is 2. The van der Waals surface area contributed by atoms with Crippen molar-refractivity contribution < 1.29 is 4.79 Å². The fraction of sp³-hybridized carbons (Fsp3) is 0.190. The molecule has 4 rings (SSSR count). The van der Waals surface area contributed by atoms with E-state index in [1.807, 2.05) is 47.2 Å². The Morgan fingerprint density at radius 1 is 1.21 bits per heavy atom. The summed E-state index contributed by atoms with van der Waals surface area (Å²) in [4.78, 5) is 23.8. The van der Waals surface area contributed by atoms with E-state index in [0.29, 0.717) is 12.1 Å².